The minimum atomic E-state index is 0.455. The van der Waals surface area contributed by atoms with Crippen LogP contribution in [0.5, 0.6) is 0 Å². The van der Waals surface area contributed by atoms with E-state index in [9.17, 15) is 0 Å². The zero-order chi connectivity index (χ0) is 8.97. The number of aromatic nitrogens is 2. The first kappa shape index (κ1) is 9.26. The van der Waals surface area contributed by atoms with E-state index in [-0.39, 0.29) is 0 Å². The highest BCUT2D eigenvalue weighted by molar-refractivity contribution is 5.04. The SMILES string of the molecule is CC(C)n1cc(CCCN)cn1. The molecule has 0 atom stereocenters. The molecule has 0 spiro atoms. The van der Waals surface area contributed by atoms with E-state index < -0.39 is 0 Å². The lowest BCUT2D eigenvalue weighted by atomic mass is 10.2. The van der Waals surface area contributed by atoms with Crippen molar-refractivity contribution in [1.29, 1.82) is 0 Å². The van der Waals surface area contributed by atoms with Crippen LogP contribution in [0.1, 0.15) is 31.9 Å². The number of hydrogen-bond donors (Lipinski definition) is 1. The molecule has 1 rings (SSSR count). The van der Waals surface area contributed by atoms with Crippen LogP contribution in [0, 0.1) is 0 Å². The predicted octanol–water partition coefficient (Wildman–Crippen LogP) is 1.36. The van der Waals surface area contributed by atoms with Crippen molar-refractivity contribution >= 4 is 0 Å². The Morgan fingerprint density at radius 2 is 2.33 bits per heavy atom. The molecule has 2 N–H and O–H groups in total. The van der Waals surface area contributed by atoms with E-state index in [4.69, 9.17) is 5.73 Å². The summed E-state index contributed by atoms with van der Waals surface area (Å²) in [7, 11) is 0. The van der Waals surface area contributed by atoms with E-state index in [0.717, 1.165) is 19.4 Å². The van der Waals surface area contributed by atoms with Crippen LogP contribution >= 0.6 is 0 Å². The zero-order valence-electron chi connectivity index (χ0n) is 7.83. The number of hydrogen-bond acceptors (Lipinski definition) is 2. The molecule has 1 heterocycles. The van der Waals surface area contributed by atoms with Gasteiger partial charge in [-0.1, -0.05) is 0 Å². The van der Waals surface area contributed by atoms with Crippen molar-refractivity contribution in [2.45, 2.75) is 32.7 Å². The Morgan fingerprint density at radius 3 is 2.83 bits per heavy atom. The van der Waals surface area contributed by atoms with Crippen molar-refractivity contribution in [3.8, 4) is 0 Å². The highest BCUT2D eigenvalue weighted by atomic mass is 15.3. The maximum Gasteiger partial charge on any atom is 0.0521 e. The van der Waals surface area contributed by atoms with E-state index in [1.807, 2.05) is 10.9 Å². The van der Waals surface area contributed by atoms with Crippen LogP contribution in [0.15, 0.2) is 12.4 Å². The van der Waals surface area contributed by atoms with Gasteiger partial charge in [0.1, 0.15) is 0 Å². The zero-order valence-corrected chi connectivity index (χ0v) is 7.83. The van der Waals surface area contributed by atoms with Gasteiger partial charge in [0.05, 0.1) is 6.20 Å². The van der Waals surface area contributed by atoms with Crippen molar-refractivity contribution in [2.75, 3.05) is 6.54 Å². The number of rotatable bonds is 4. The molecule has 12 heavy (non-hydrogen) atoms. The summed E-state index contributed by atoms with van der Waals surface area (Å²) >= 11 is 0. The third-order valence-corrected chi connectivity index (χ3v) is 1.85. The molecule has 0 aliphatic rings. The Hall–Kier alpha value is -0.830. The third kappa shape index (κ3) is 2.34. The van der Waals surface area contributed by atoms with Crippen molar-refractivity contribution in [3.05, 3.63) is 18.0 Å². The van der Waals surface area contributed by atoms with Crippen molar-refractivity contribution < 1.29 is 0 Å². The molecule has 3 nitrogen and oxygen atoms in total. The summed E-state index contributed by atoms with van der Waals surface area (Å²) in [6.45, 7) is 5.01. The topological polar surface area (TPSA) is 43.8 Å². The second-order valence-electron chi connectivity index (χ2n) is 3.31. The second kappa shape index (κ2) is 4.26. The largest absolute Gasteiger partial charge is 0.330 e. The quantitative estimate of drug-likeness (QED) is 0.735. The van der Waals surface area contributed by atoms with Gasteiger partial charge in [-0.25, -0.2) is 0 Å². The van der Waals surface area contributed by atoms with Crippen molar-refractivity contribution in [1.82, 2.24) is 9.78 Å². The number of nitrogens with two attached hydrogens (primary N) is 1. The van der Waals surface area contributed by atoms with Crippen LogP contribution in [0.25, 0.3) is 0 Å². The van der Waals surface area contributed by atoms with Gasteiger partial charge in [-0.05, 0) is 38.8 Å². The lowest BCUT2D eigenvalue weighted by Crippen LogP contribution is -2.01. The molecule has 0 amide bonds. The maximum atomic E-state index is 5.42. The van der Waals surface area contributed by atoms with Gasteiger partial charge < -0.3 is 5.73 Å². The maximum absolute atomic E-state index is 5.42. The van der Waals surface area contributed by atoms with E-state index in [1.165, 1.54) is 5.56 Å². The van der Waals surface area contributed by atoms with Crippen LogP contribution < -0.4 is 5.73 Å². The van der Waals surface area contributed by atoms with Crippen LogP contribution in [-0.2, 0) is 6.42 Å². The summed E-state index contributed by atoms with van der Waals surface area (Å²) in [4.78, 5) is 0. The molecule has 0 saturated carbocycles. The van der Waals surface area contributed by atoms with Gasteiger partial charge in [-0.15, -0.1) is 0 Å². The van der Waals surface area contributed by atoms with Crippen LogP contribution in [0.4, 0.5) is 0 Å². The monoisotopic (exact) mass is 167 g/mol. The summed E-state index contributed by atoms with van der Waals surface area (Å²) in [5, 5.41) is 4.24. The smallest absolute Gasteiger partial charge is 0.0521 e. The molecule has 0 unspecified atom stereocenters. The number of nitrogens with zero attached hydrogens (tertiary/aromatic N) is 2. The van der Waals surface area contributed by atoms with Crippen LogP contribution in [0.2, 0.25) is 0 Å². The van der Waals surface area contributed by atoms with Gasteiger partial charge in [-0.3, -0.25) is 4.68 Å². The fourth-order valence-corrected chi connectivity index (χ4v) is 1.10. The standard InChI is InChI=1S/C9H17N3/c1-8(2)12-7-9(6-11-12)4-3-5-10/h6-8H,3-5,10H2,1-2H3. The molecular weight excluding hydrogens is 150 g/mol. The van der Waals surface area contributed by atoms with E-state index in [0.29, 0.717) is 6.04 Å². The van der Waals surface area contributed by atoms with Crippen molar-refractivity contribution in [3.63, 3.8) is 0 Å². The van der Waals surface area contributed by atoms with Gasteiger partial charge in [0.25, 0.3) is 0 Å². The molecule has 0 aliphatic heterocycles. The third-order valence-electron chi connectivity index (χ3n) is 1.85. The normalized spacial score (nSPS) is 11.0. The molecule has 1 aromatic rings. The van der Waals surface area contributed by atoms with E-state index in [1.54, 1.807) is 0 Å². The van der Waals surface area contributed by atoms with Gasteiger partial charge in [0, 0.05) is 12.2 Å². The predicted molar refractivity (Wildman–Crippen MR) is 50.0 cm³/mol. The lowest BCUT2D eigenvalue weighted by molar-refractivity contribution is 0.532. The van der Waals surface area contributed by atoms with E-state index >= 15 is 0 Å². The second-order valence-corrected chi connectivity index (χ2v) is 3.31. The Kier molecular flexibility index (Phi) is 3.29. The molecule has 0 radical (unpaired) electrons. The minimum absolute atomic E-state index is 0.455. The van der Waals surface area contributed by atoms with Crippen LogP contribution in [-0.4, -0.2) is 16.3 Å². The summed E-state index contributed by atoms with van der Waals surface area (Å²) in [5.41, 5.74) is 6.70. The Morgan fingerprint density at radius 1 is 1.58 bits per heavy atom. The summed E-state index contributed by atoms with van der Waals surface area (Å²) in [5.74, 6) is 0. The first-order chi connectivity index (χ1) is 5.74. The molecule has 0 aromatic carbocycles. The average Bonchev–Trinajstić information content (AvgIpc) is 2.48. The van der Waals surface area contributed by atoms with Gasteiger partial charge in [-0.2, -0.15) is 5.10 Å². The molecule has 68 valence electrons. The molecule has 1 aromatic heterocycles. The average molecular weight is 167 g/mol. The first-order valence-electron chi connectivity index (χ1n) is 4.47. The molecule has 0 fully saturated rings. The summed E-state index contributed by atoms with van der Waals surface area (Å²) in [6.07, 6.45) is 6.11. The Balaban J connectivity index is 2.52. The van der Waals surface area contributed by atoms with Crippen LogP contribution in [0.3, 0.4) is 0 Å². The van der Waals surface area contributed by atoms with Gasteiger partial charge in [0.15, 0.2) is 0 Å². The number of aryl methyl sites for hydroxylation is 1. The van der Waals surface area contributed by atoms with Crippen molar-refractivity contribution in [2.24, 2.45) is 5.73 Å². The highest BCUT2D eigenvalue weighted by Gasteiger charge is 2.00. The summed E-state index contributed by atoms with van der Waals surface area (Å²) < 4.78 is 1.98. The molecule has 0 saturated heterocycles. The highest BCUT2D eigenvalue weighted by Crippen LogP contribution is 2.06. The first-order valence-corrected chi connectivity index (χ1v) is 4.47. The molecule has 0 aliphatic carbocycles. The van der Waals surface area contributed by atoms with Gasteiger partial charge >= 0.3 is 0 Å². The fourth-order valence-electron chi connectivity index (χ4n) is 1.10. The summed E-state index contributed by atoms with van der Waals surface area (Å²) in [6, 6.07) is 0.455. The lowest BCUT2D eigenvalue weighted by Gasteiger charge is -2.02. The Labute approximate surface area is 73.6 Å². The molecule has 0 bridgehead atoms. The Bertz CT molecular complexity index is 227. The minimum Gasteiger partial charge on any atom is -0.330 e. The van der Waals surface area contributed by atoms with E-state index in [2.05, 4.69) is 25.1 Å². The fraction of sp³-hybridized carbons (Fsp3) is 0.667. The molecular formula is C9H17N3. The molecule has 3 heteroatoms. The van der Waals surface area contributed by atoms with Gasteiger partial charge in [0.2, 0.25) is 0 Å².